The third kappa shape index (κ3) is 4.88. The van der Waals surface area contributed by atoms with Crippen LogP contribution in [0.1, 0.15) is 52.4 Å². The first kappa shape index (κ1) is 21.4. The van der Waals surface area contributed by atoms with Crippen molar-refractivity contribution < 1.29 is 19.1 Å². The molecule has 4 aliphatic carbocycles. The first-order valence-electron chi connectivity index (χ1n) is 10.4. The largest absolute Gasteiger partial charge is 0.450 e. The van der Waals surface area contributed by atoms with Crippen LogP contribution in [0.25, 0.3) is 0 Å². The maximum absolute atomic E-state index is 12.5. The van der Waals surface area contributed by atoms with Crippen molar-refractivity contribution in [1.29, 1.82) is 0 Å². The van der Waals surface area contributed by atoms with E-state index in [9.17, 15) is 14.4 Å². The normalized spacial score (nSPS) is 29.9. The number of nitrogens with zero attached hydrogens (tertiary/aromatic N) is 2. The van der Waals surface area contributed by atoms with Crippen LogP contribution in [0.5, 0.6) is 0 Å². The fraction of sp³-hybridized carbons (Fsp3) is 0.737. The molecule has 4 saturated carbocycles. The van der Waals surface area contributed by atoms with Gasteiger partial charge >= 0.3 is 12.1 Å². The number of urea groups is 1. The molecule has 164 valence electrons. The maximum Gasteiger partial charge on any atom is 0.413 e. The second-order valence-corrected chi connectivity index (χ2v) is 11.2. The molecule has 4 aliphatic rings. The highest BCUT2D eigenvalue weighted by molar-refractivity contribution is 8.02. The number of carbonyl (C=O) groups excluding carboxylic acids is 3. The molecular weight excluding hydrogens is 426 g/mol. The van der Waals surface area contributed by atoms with Gasteiger partial charge in [0.2, 0.25) is 11.0 Å². The Morgan fingerprint density at radius 3 is 2.40 bits per heavy atom. The van der Waals surface area contributed by atoms with E-state index in [1.807, 2.05) is 0 Å². The molecule has 3 N–H and O–H groups in total. The van der Waals surface area contributed by atoms with Gasteiger partial charge in [-0.05, 0) is 70.1 Å². The molecule has 4 amide bonds. The number of aromatic nitrogens is 2. The van der Waals surface area contributed by atoms with E-state index in [2.05, 4.69) is 26.1 Å². The Morgan fingerprint density at radius 1 is 1.17 bits per heavy atom. The van der Waals surface area contributed by atoms with Crippen molar-refractivity contribution in [1.82, 2.24) is 20.8 Å². The Morgan fingerprint density at radius 2 is 1.80 bits per heavy atom. The maximum atomic E-state index is 12.5. The van der Waals surface area contributed by atoms with Gasteiger partial charge in [-0.25, -0.2) is 9.59 Å². The van der Waals surface area contributed by atoms with Crippen LogP contribution in [0.3, 0.4) is 0 Å². The predicted molar refractivity (Wildman–Crippen MR) is 113 cm³/mol. The summed E-state index contributed by atoms with van der Waals surface area (Å²) in [4.78, 5) is 36.5. The molecule has 1 atom stereocenters. The lowest BCUT2D eigenvalue weighted by atomic mass is 9.53. The lowest BCUT2D eigenvalue weighted by molar-refractivity contribution is -0.119. The zero-order valence-corrected chi connectivity index (χ0v) is 18.7. The van der Waals surface area contributed by atoms with Gasteiger partial charge < -0.3 is 10.1 Å². The molecular formula is C19H27N5O4S2. The van der Waals surface area contributed by atoms with Gasteiger partial charge in [0.25, 0.3) is 0 Å². The monoisotopic (exact) mass is 453 g/mol. The zero-order valence-electron chi connectivity index (χ0n) is 17.1. The molecule has 0 aliphatic heterocycles. The Hall–Kier alpha value is -1.88. The summed E-state index contributed by atoms with van der Waals surface area (Å²) >= 11 is 2.33. The molecule has 4 bridgehead atoms. The minimum atomic E-state index is -0.600. The minimum Gasteiger partial charge on any atom is -0.450 e. The molecule has 1 heterocycles. The molecule has 4 fully saturated rings. The Kier molecular flexibility index (Phi) is 6.19. The smallest absolute Gasteiger partial charge is 0.413 e. The van der Waals surface area contributed by atoms with E-state index in [1.165, 1.54) is 31.0 Å². The molecule has 0 radical (unpaired) electrons. The van der Waals surface area contributed by atoms with Gasteiger partial charge in [-0.2, -0.15) is 0 Å². The van der Waals surface area contributed by atoms with Crippen LogP contribution in [-0.2, 0) is 9.53 Å². The summed E-state index contributed by atoms with van der Waals surface area (Å²) in [6.45, 7) is 3.67. The van der Waals surface area contributed by atoms with Crippen molar-refractivity contribution in [3.05, 3.63) is 0 Å². The fourth-order valence-electron chi connectivity index (χ4n) is 5.52. The van der Waals surface area contributed by atoms with Crippen LogP contribution in [0.15, 0.2) is 4.34 Å². The van der Waals surface area contributed by atoms with Gasteiger partial charge in [-0.3, -0.25) is 15.4 Å². The van der Waals surface area contributed by atoms with Crippen LogP contribution in [0, 0.1) is 17.8 Å². The number of imide groups is 1. The molecule has 0 saturated heterocycles. The van der Waals surface area contributed by atoms with Crippen LogP contribution in [0.2, 0.25) is 0 Å². The summed E-state index contributed by atoms with van der Waals surface area (Å²) in [5, 5.41) is 15.7. The summed E-state index contributed by atoms with van der Waals surface area (Å²) in [5.41, 5.74) is -0.137. The highest BCUT2D eigenvalue weighted by Crippen LogP contribution is 2.55. The van der Waals surface area contributed by atoms with Crippen molar-refractivity contribution in [3.8, 4) is 0 Å². The molecule has 5 rings (SSSR count). The molecule has 0 spiro atoms. The Bertz CT molecular complexity index is 794. The van der Waals surface area contributed by atoms with E-state index in [-0.39, 0.29) is 18.1 Å². The molecule has 1 unspecified atom stereocenters. The SMILES string of the molecule is CCOC(=O)Nc1nnc(SC(C)C(=O)NC(=O)NC23CC4CC(CC(C4)C2)C3)s1. The lowest BCUT2D eigenvalue weighted by Gasteiger charge is -2.56. The van der Waals surface area contributed by atoms with Crippen LogP contribution < -0.4 is 16.0 Å². The first-order chi connectivity index (χ1) is 14.3. The second kappa shape index (κ2) is 8.70. The van der Waals surface area contributed by atoms with Gasteiger partial charge in [-0.1, -0.05) is 23.1 Å². The summed E-state index contributed by atoms with van der Waals surface area (Å²) in [6, 6.07) is -0.406. The summed E-state index contributed by atoms with van der Waals surface area (Å²) in [7, 11) is 0. The van der Waals surface area contributed by atoms with E-state index >= 15 is 0 Å². The number of carbonyl (C=O) groups is 3. The number of anilines is 1. The summed E-state index contributed by atoms with van der Waals surface area (Å²) in [6.07, 6.45) is 6.39. The summed E-state index contributed by atoms with van der Waals surface area (Å²) in [5.74, 6) is 1.78. The van der Waals surface area contributed by atoms with Crippen LogP contribution in [-0.4, -0.2) is 45.6 Å². The average molecular weight is 454 g/mol. The predicted octanol–water partition coefficient (Wildman–Crippen LogP) is 3.38. The van der Waals surface area contributed by atoms with Crippen molar-refractivity contribution in [2.75, 3.05) is 11.9 Å². The van der Waals surface area contributed by atoms with E-state index in [4.69, 9.17) is 4.74 Å². The Labute approximate surface area is 183 Å². The van der Waals surface area contributed by atoms with Gasteiger partial charge in [0.1, 0.15) is 0 Å². The van der Waals surface area contributed by atoms with Gasteiger partial charge in [0.05, 0.1) is 11.9 Å². The quantitative estimate of drug-likeness (QED) is 0.446. The van der Waals surface area contributed by atoms with Crippen LogP contribution >= 0.6 is 23.1 Å². The molecule has 30 heavy (non-hydrogen) atoms. The number of ether oxygens (including phenoxy) is 1. The minimum absolute atomic E-state index is 0.137. The number of hydrogen-bond donors (Lipinski definition) is 3. The van der Waals surface area contributed by atoms with Gasteiger partial charge in [0, 0.05) is 5.54 Å². The van der Waals surface area contributed by atoms with Crippen molar-refractivity contribution in [3.63, 3.8) is 0 Å². The third-order valence-electron chi connectivity index (χ3n) is 6.19. The number of hydrogen-bond acceptors (Lipinski definition) is 8. The van der Waals surface area contributed by atoms with Crippen molar-refractivity contribution in [2.24, 2.45) is 17.8 Å². The number of amides is 4. The van der Waals surface area contributed by atoms with Crippen molar-refractivity contribution >= 4 is 46.3 Å². The highest BCUT2D eigenvalue weighted by atomic mass is 32.2. The summed E-state index contributed by atoms with van der Waals surface area (Å²) < 4.78 is 5.31. The van der Waals surface area contributed by atoms with E-state index < -0.39 is 17.4 Å². The molecule has 11 heteroatoms. The van der Waals surface area contributed by atoms with Gasteiger partial charge in [-0.15, -0.1) is 10.2 Å². The Balaban J connectivity index is 1.26. The van der Waals surface area contributed by atoms with E-state index in [0.717, 1.165) is 48.4 Å². The topological polar surface area (TPSA) is 122 Å². The van der Waals surface area contributed by atoms with Gasteiger partial charge in [0.15, 0.2) is 4.34 Å². The number of nitrogens with one attached hydrogen (secondary N) is 3. The zero-order chi connectivity index (χ0) is 21.3. The van der Waals surface area contributed by atoms with E-state index in [1.54, 1.807) is 13.8 Å². The van der Waals surface area contributed by atoms with E-state index in [0.29, 0.717) is 9.47 Å². The molecule has 9 nitrogen and oxygen atoms in total. The standard InChI is InChI=1S/C19H27N5O4S2/c1-3-28-17(27)21-16-23-24-18(30-16)29-10(2)14(25)20-15(26)22-19-7-11-4-12(8-19)6-13(5-11)9-19/h10-13H,3-9H2,1-2H3,(H,21,23,27)(H2,20,22,25,26). The van der Waals surface area contributed by atoms with Crippen molar-refractivity contribution in [2.45, 2.75) is 67.5 Å². The molecule has 0 aromatic carbocycles. The number of rotatable bonds is 6. The second-order valence-electron chi connectivity index (χ2n) is 8.62. The molecule has 1 aromatic rings. The third-order valence-corrected chi connectivity index (χ3v) is 8.21. The number of thioether (sulfide) groups is 1. The fourth-order valence-corrected chi connectivity index (χ4v) is 7.40. The molecule has 1 aromatic heterocycles. The highest BCUT2D eigenvalue weighted by Gasteiger charge is 2.51. The first-order valence-corrected chi connectivity index (χ1v) is 12.1. The average Bonchev–Trinajstić information content (AvgIpc) is 3.06. The van der Waals surface area contributed by atoms with Crippen LogP contribution in [0.4, 0.5) is 14.7 Å². The lowest BCUT2D eigenvalue weighted by Crippen LogP contribution is -2.62.